The van der Waals surface area contributed by atoms with Gasteiger partial charge in [-0.25, -0.2) is 0 Å². The van der Waals surface area contributed by atoms with E-state index < -0.39 is 0 Å². The molecule has 1 heterocycles. The zero-order valence-corrected chi connectivity index (χ0v) is 12.7. The smallest absolute Gasteiger partial charge is 0.143 e. The zero-order chi connectivity index (χ0) is 13.8. The SMILES string of the molecule is CC(C)n1ccc(CC(=O)Cc2cccc(Br)c2)n1. The van der Waals surface area contributed by atoms with Crippen molar-refractivity contribution in [2.75, 3.05) is 0 Å². The lowest BCUT2D eigenvalue weighted by atomic mass is 10.1. The van der Waals surface area contributed by atoms with Crippen molar-refractivity contribution in [1.29, 1.82) is 0 Å². The minimum Gasteiger partial charge on any atom is -0.299 e. The number of hydrogen-bond donors (Lipinski definition) is 0. The molecule has 0 saturated heterocycles. The van der Waals surface area contributed by atoms with Crippen molar-refractivity contribution in [1.82, 2.24) is 9.78 Å². The molecule has 19 heavy (non-hydrogen) atoms. The molecule has 0 atom stereocenters. The molecule has 0 aliphatic rings. The molecule has 0 aliphatic heterocycles. The normalized spacial score (nSPS) is 10.9. The Balaban J connectivity index is 1.97. The van der Waals surface area contributed by atoms with Crippen LogP contribution in [0.2, 0.25) is 0 Å². The van der Waals surface area contributed by atoms with Gasteiger partial charge in [0.2, 0.25) is 0 Å². The van der Waals surface area contributed by atoms with Crippen LogP contribution in [-0.2, 0) is 17.6 Å². The highest BCUT2D eigenvalue weighted by atomic mass is 79.9. The van der Waals surface area contributed by atoms with E-state index in [-0.39, 0.29) is 5.78 Å². The first-order chi connectivity index (χ1) is 9.04. The average Bonchev–Trinajstić information content (AvgIpc) is 2.77. The van der Waals surface area contributed by atoms with Gasteiger partial charge in [-0.2, -0.15) is 5.10 Å². The molecule has 0 spiro atoms. The lowest BCUT2D eigenvalue weighted by molar-refractivity contribution is -0.117. The van der Waals surface area contributed by atoms with E-state index in [0.717, 1.165) is 15.7 Å². The van der Waals surface area contributed by atoms with Crippen LogP contribution in [-0.4, -0.2) is 15.6 Å². The van der Waals surface area contributed by atoms with Gasteiger partial charge in [0.1, 0.15) is 5.78 Å². The minimum absolute atomic E-state index is 0.187. The fraction of sp³-hybridized carbons (Fsp3) is 0.333. The van der Waals surface area contributed by atoms with E-state index in [1.807, 2.05) is 41.2 Å². The number of hydrogen-bond acceptors (Lipinski definition) is 2. The van der Waals surface area contributed by atoms with Gasteiger partial charge < -0.3 is 0 Å². The van der Waals surface area contributed by atoms with Crippen molar-refractivity contribution >= 4 is 21.7 Å². The van der Waals surface area contributed by atoms with Crippen molar-refractivity contribution in [2.45, 2.75) is 32.7 Å². The first-order valence-electron chi connectivity index (χ1n) is 6.35. The molecule has 2 rings (SSSR count). The molecule has 0 saturated carbocycles. The molecule has 0 radical (unpaired) electrons. The number of carbonyl (C=O) groups is 1. The third kappa shape index (κ3) is 4.03. The summed E-state index contributed by atoms with van der Waals surface area (Å²) < 4.78 is 2.88. The number of nitrogens with zero attached hydrogens (tertiary/aromatic N) is 2. The second-order valence-corrected chi connectivity index (χ2v) is 5.82. The maximum Gasteiger partial charge on any atom is 0.143 e. The van der Waals surface area contributed by atoms with Crippen LogP contribution in [0.15, 0.2) is 41.0 Å². The number of aromatic nitrogens is 2. The Morgan fingerprint density at radius 2 is 2.11 bits per heavy atom. The van der Waals surface area contributed by atoms with E-state index in [1.54, 1.807) is 0 Å². The maximum atomic E-state index is 12.0. The Labute approximate surface area is 121 Å². The van der Waals surface area contributed by atoms with Crippen LogP contribution in [0.25, 0.3) is 0 Å². The molecule has 4 heteroatoms. The Morgan fingerprint density at radius 1 is 1.32 bits per heavy atom. The van der Waals surface area contributed by atoms with E-state index in [4.69, 9.17) is 0 Å². The Kier molecular flexibility index (Phi) is 4.53. The number of benzene rings is 1. The van der Waals surface area contributed by atoms with Crippen LogP contribution in [0, 0.1) is 0 Å². The van der Waals surface area contributed by atoms with Crippen molar-refractivity contribution in [3.05, 3.63) is 52.3 Å². The van der Waals surface area contributed by atoms with Gasteiger partial charge in [0.25, 0.3) is 0 Å². The number of Topliss-reactive ketones (excluding diaryl/α,β-unsaturated/α-hetero) is 1. The highest BCUT2D eigenvalue weighted by Crippen LogP contribution is 2.13. The zero-order valence-electron chi connectivity index (χ0n) is 11.1. The molecule has 1 aromatic heterocycles. The molecule has 1 aromatic carbocycles. The Hall–Kier alpha value is -1.42. The first-order valence-corrected chi connectivity index (χ1v) is 7.14. The molecule has 2 aromatic rings. The summed E-state index contributed by atoms with van der Waals surface area (Å²) in [5, 5.41) is 4.40. The van der Waals surface area contributed by atoms with E-state index in [9.17, 15) is 4.79 Å². The number of halogens is 1. The van der Waals surface area contributed by atoms with Gasteiger partial charge >= 0.3 is 0 Å². The molecule has 0 aliphatic carbocycles. The molecule has 100 valence electrons. The first kappa shape index (κ1) is 14.0. The van der Waals surface area contributed by atoms with Gasteiger partial charge in [0.15, 0.2) is 0 Å². The van der Waals surface area contributed by atoms with Crippen molar-refractivity contribution in [3.63, 3.8) is 0 Å². The predicted molar refractivity (Wildman–Crippen MR) is 79.2 cm³/mol. The average molecular weight is 321 g/mol. The lowest BCUT2D eigenvalue weighted by Gasteiger charge is -2.04. The second-order valence-electron chi connectivity index (χ2n) is 4.90. The summed E-state index contributed by atoms with van der Waals surface area (Å²) in [6, 6.07) is 10.1. The summed E-state index contributed by atoms with van der Waals surface area (Å²) in [6.07, 6.45) is 2.77. The van der Waals surface area contributed by atoms with Crippen LogP contribution >= 0.6 is 15.9 Å². The maximum absolute atomic E-state index is 12.0. The van der Waals surface area contributed by atoms with Crippen LogP contribution in [0.5, 0.6) is 0 Å². The van der Waals surface area contributed by atoms with Crippen LogP contribution in [0.1, 0.15) is 31.1 Å². The largest absolute Gasteiger partial charge is 0.299 e. The van der Waals surface area contributed by atoms with Gasteiger partial charge in [0, 0.05) is 23.1 Å². The van der Waals surface area contributed by atoms with Crippen molar-refractivity contribution in [2.24, 2.45) is 0 Å². The molecule has 0 N–H and O–H groups in total. The second kappa shape index (κ2) is 6.15. The molecule has 0 fully saturated rings. The van der Waals surface area contributed by atoms with E-state index in [1.165, 1.54) is 0 Å². The van der Waals surface area contributed by atoms with Gasteiger partial charge in [-0.15, -0.1) is 0 Å². The monoisotopic (exact) mass is 320 g/mol. The number of carbonyl (C=O) groups excluding carboxylic acids is 1. The van der Waals surface area contributed by atoms with Gasteiger partial charge in [0.05, 0.1) is 12.1 Å². The third-order valence-electron chi connectivity index (χ3n) is 2.86. The van der Waals surface area contributed by atoms with Gasteiger partial charge in [-0.05, 0) is 37.6 Å². The Morgan fingerprint density at radius 3 is 2.74 bits per heavy atom. The summed E-state index contributed by atoms with van der Waals surface area (Å²) >= 11 is 3.41. The minimum atomic E-state index is 0.187. The lowest BCUT2D eigenvalue weighted by Crippen LogP contribution is -2.08. The van der Waals surface area contributed by atoms with E-state index in [2.05, 4.69) is 34.9 Å². The molecular weight excluding hydrogens is 304 g/mol. The summed E-state index contributed by atoms with van der Waals surface area (Å²) in [5.41, 5.74) is 1.87. The summed E-state index contributed by atoms with van der Waals surface area (Å²) in [5.74, 6) is 0.187. The third-order valence-corrected chi connectivity index (χ3v) is 3.35. The van der Waals surface area contributed by atoms with E-state index >= 15 is 0 Å². The molecule has 3 nitrogen and oxygen atoms in total. The standard InChI is InChI=1S/C15H17BrN2O/c1-11(2)18-7-6-14(17-18)10-15(19)9-12-4-3-5-13(16)8-12/h3-8,11H,9-10H2,1-2H3. The highest BCUT2D eigenvalue weighted by molar-refractivity contribution is 9.10. The summed E-state index contributed by atoms with van der Waals surface area (Å²) in [6.45, 7) is 4.14. The Bertz CT molecular complexity index is 575. The quantitative estimate of drug-likeness (QED) is 0.844. The molecule has 0 unspecified atom stereocenters. The van der Waals surface area contributed by atoms with Gasteiger partial charge in [-0.3, -0.25) is 9.48 Å². The van der Waals surface area contributed by atoms with Crippen LogP contribution < -0.4 is 0 Å². The number of ketones is 1. The summed E-state index contributed by atoms with van der Waals surface area (Å²) in [7, 11) is 0. The van der Waals surface area contributed by atoms with Crippen LogP contribution in [0.4, 0.5) is 0 Å². The fourth-order valence-electron chi connectivity index (χ4n) is 1.90. The van der Waals surface area contributed by atoms with Crippen molar-refractivity contribution < 1.29 is 4.79 Å². The van der Waals surface area contributed by atoms with E-state index in [0.29, 0.717) is 18.9 Å². The van der Waals surface area contributed by atoms with Crippen LogP contribution in [0.3, 0.4) is 0 Å². The molecule has 0 amide bonds. The number of rotatable bonds is 5. The summed E-state index contributed by atoms with van der Waals surface area (Å²) in [4.78, 5) is 12.0. The molecular formula is C15H17BrN2O. The van der Waals surface area contributed by atoms with Crippen molar-refractivity contribution in [3.8, 4) is 0 Å². The molecule has 0 bridgehead atoms. The highest BCUT2D eigenvalue weighted by Gasteiger charge is 2.09. The predicted octanol–water partition coefficient (Wildman–Crippen LogP) is 3.58. The topological polar surface area (TPSA) is 34.9 Å². The fourth-order valence-corrected chi connectivity index (χ4v) is 2.35. The van der Waals surface area contributed by atoms with Gasteiger partial charge in [-0.1, -0.05) is 28.1 Å².